The van der Waals surface area contributed by atoms with Crippen molar-refractivity contribution >= 4 is 16.6 Å². The molecule has 1 unspecified atom stereocenters. The van der Waals surface area contributed by atoms with Crippen LogP contribution in [0.15, 0.2) is 60.7 Å². The number of aryl methyl sites for hydroxylation is 1. The summed E-state index contributed by atoms with van der Waals surface area (Å²) in [6, 6.07) is 20.6. The Hall–Kier alpha value is -2.61. The van der Waals surface area contributed by atoms with Crippen LogP contribution >= 0.6 is 0 Å². The van der Waals surface area contributed by atoms with E-state index in [0.717, 1.165) is 34.1 Å². The number of fused-ring (bicyclic) bond motifs is 1. The lowest BCUT2D eigenvalue weighted by atomic mass is 9.91. The molecule has 2 heteroatoms. The fourth-order valence-electron chi connectivity index (χ4n) is 3.07. The number of methoxy groups -OCH3 is 1. The summed E-state index contributed by atoms with van der Waals surface area (Å²) in [6.45, 7) is 4.13. The van der Waals surface area contributed by atoms with Gasteiger partial charge in [-0.2, -0.15) is 0 Å². The number of ketones is 1. The minimum absolute atomic E-state index is 0.114. The fraction of sp³-hybridized carbons (Fsp3) is 0.261. The second-order valence-corrected chi connectivity index (χ2v) is 6.51. The summed E-state index contributed by atoms with van der Waals surface area (Å²) in [7, 11) is 1.67. The van der Waals surface area contributed by atoms with Gasteiger partial charge in [0.05, 0.1) is 7.11 Å². The standard InChI is InChI=1S/C23H24O2/c1-4-17-5-7-18(8-6-17)13-23(24)16(2)19-9-10-21-15-22(25-3)12-11-20(21)14-19/h5-12,14-16H,4,13H2,1-3H3. The molecule has 25 heavy (non-hydrogen) atoms. The van der Waals surface area contributed by atoms with Gasteiger partial charge in [0.1, 0.15) is 11.5 Å². The quantitative estimate of drug-likeness (QED) is 0.610. The smallest absolute Gasteiger partial charge is 0.144 e. The third kappa shape index (κ3) is 3.90. The summed E-state index contributed by atoms with van der Waals surface area (Å²) in [4.78, 5) is 12.7. The van der Waals surface area contributed by atoms with E-state index >= 15 is 0 Å². The first kappa shape index (κ1) is 17.2. The van der Waals surface area contributed by atoms with E-state index < -0.39 is 0 Å². The zero-order chi connectivity index (χ0) is 17.8. The van der Waals surface area contributed by atoms with E-state index in [-0.39, 0.29) is 11.7 Å². The predicted octanol–water partition coefficient (Wildman–Crippen LogP) is 5.33. The van der Waals surface area contributed by atoms with Crippen molar-refractivity contribution in [3.8, 4) is 5.75 Å². The number of carbonyl (C=O) groups excluding carboxylic acids is 1. The normalized spacial score (nSPS) is 12.1. The van der Waals surface area contributed by atoms with Crippen molar-refractivity contribution in [2.75, 3.05) is 7.11 Å². The molecule has 3 aromatic carbocycles. The number of carbonyl (C=O) groups is 1. The molecule has 0 spiro atoms. The number of Topliss-reactive ketones (excluding diaryl/α,β-unsaturated/α-hetero) is 1. The van der Waals surface area contributed by atoms with E-state index in [1.54, 1.807) is 7.11 Å². The molecule has 0 fully saturated rings. The van der Waals surface area contributed by atoms with E-state index in [1.807, 2.05) is 31.2 Å². The first-order chi connectivity index (χ1) is 12.1. The van der Waals surface area contributed by atoms with Crippen molar-refractivity contribution in [1.82, 2.24) is 0 Å². The number of hydrogen-bond donors (Lipinski definition) is 0. The first-order valence-corrected chi connectivity index (χ1v) is 8.79. The van der Waals surface area contributed by atoms with Gasteiger partial charge in [-0.3, -0.25) is 4.79 Å². The van der Waals surface area contributed by atoms with E-state index in [2.05, 4.69) is 43.3 Å². The molecule has 0 aliphatic heterocycles. The molecule has 3 rings (SSSR count). The maximum absolute atomic E-state index is 12.7. The van der Waals surface area contributed by atoms with Gasteiger partial charge in [-0.25, -0.2) is 0 Å². The third-order valence-corrected chi connectivity index (χ3v) is 4.86. The van der Waals surface area contributed by atoms with Crippen LogP contribution in [-0.4, -0.2) is 12.9 Å². The van der Waals surface area contributed by atoms with Gasteiger partial charge in [0.25, 0.3) is 0 Å². The Morgan fingerprint density at radius 3 is 2.24 bits per heavy atom. The summed E-state index contributed by atoms with van der Waals surface area (Å²) in [5, 5.41) is 2.25. The average molecular weight is 332 g/mol. The van der Waals surface area contributed by atoms with Gasteiger partial charge >= 0.3 is 0 Å². The molecule has 0 saturated carbocycles. The van der Waals surface area contributed by atoms with Crippen LogP contribution in [0.5, 0.6) is 5.75 Å². The van der Waals surface area contributed by atoms with Gasteiger partial charge in [-0.1, -0.05) is 62.4 Å². The maximum Gasteiger partial charge on any atom is 0.144 e. The SMILES string of the molecule is CCc1ccc(CC(=O)C(C)c2ccc3cc(OC)ccc3c2)cc1. The molecule has 0 aliphatic rings. The van der Waals surface area contributed by atoms with Crippen molar-refractivity contribution in [1.29, 1.82) is 0 Å². The lowest BCUT2D eigenvalue weighted by molar-refractivity contribution is -0.119. The third-order valence-electron chi connectivity index (χ3n) is 4.86. The monoisotopic (exact) mass is 332 g/mol. The number of benzene rings is 3. The Morgan fingerprint density at radius 1 is 0.920 bits per heavy atom. The predicted molar refractivity (Wildman–Crippen MR) is 103 cm³/mol. The summed E-state index contributed by atoms with van der Waals surface area (Å²) in [6.07, 6.45) is 1.50. The molecular weight excluding hydrogens is 308 g/mol. The summed E-state index contributed by atoms with van der Waals surface area (Å²) in [5.74, 6) is 0.981. The van der Waals surface area contributed by atoms with E-state index in [9.17, 15) is 4.79 Å². The van der Waals surface area contributed by atoms with E-state index in [1.165, 1.54) is 5.56 Å². The maximum atomic E-state index is 12.7. The molecule has 0 aromatic heterocycles. The lowest BCUT2D eigenvalue weighted by Gasteiger charge is -2.13. The van der Waals surface area contributed by atoms with Crippen LogP contribution in [0, 0.1) is 0 Å². The van der Waals surface area contributed by atoms with Crippen molar-refractivity contribution in [3.63, 3.8) is 0 Å². The molecule has 0 aliphatic carbocycles. The minimum Gasteiger partial charge on any atom is -0.497 e. The van der Waals surface area contributed by atoms with Crippen molar-refractivity contribution in [2.45, 2.75) is 32.6 Å². The average Bonchev–Trinajstić information content (AvgIpc) is 2.67. The zero-order valence-electron chi connectivity index (χ0n) is 15.1. The van der Waals surface area contributed by atoms with Crippen molar-refractivity contribution in [3.05, 3.63) is 77.4 Å². The first-order valence-electron chi connectivity index (χ1n) is 8.79. The molecule has 1 atom stereocenters. The fourth-order valence-corrected chi connectivity index (χ4v) is 3.07. The largest absolute Gasteiger partial charge is 0.497 e. The Balaban J connectivity index is 1.77. The van der Waals surface area contributed by atoms with Gasteiger partial charge in [0.2, 0.25) is 0 Å². The topological polar surface area (TPSA) is 26.3 Å². The van der Waals surface area contributed by atoms with Crippen LogP contribution in [-0.2, 0) is 17.6 Å². The van der Waals surface area contributed by atoms with Crippen LogP contribution in [0.2, 0.25) is 0 Å². The van der Waals surface area contributed by atoms with E-state index in [4.69, 9.17) is 4.74 Å². The molecule has 0 heterocycles. The highest BCUT2D eigenvalue weighted by Crippen LogP contribution is 2.26. The van der Waals surface area contributed by atoms with Crippen LogP contribution < -0.4 is 4.74 Å². The van der Waals surface area contributed by atoms with Crippen molar-refractivity contribution < 1.29 is 9.53 Å². The lowest BCUT2D eigenvalue weighted by Crippen LogP contribution is -2.12. The highest BCUT2D eigenvalue weighted by Gasteiger charge is 2.16. The molecule has 0 radical (unpaired) electrons. The van der Waals surface area contributed by atoms with Crippen LogP contribution in [0.4, 0.5) is 0 Å². The van der Waals surface area contributed by atoms with Crippen LogP contribution in [0.1, 0.15) is 36.5 Å². The molecule has 0 saturated heterocycles. The van der Waals surface area contributed by atoms with Gasteiger partial charge in [0, 0.05) is 12.3 Å². The van der Waals surface area contributed by atoms with Crippen LogP contribution in [0.3, 0.4) is 0 Å². The molecule has 3 aromatic rings. The molecule has 0 bridgehead atoms. The zero-order valence-corrected chi connectivity index (χ0v) is 15.1. The van der Waals surface area contributed by atoms with Gasteiger partial charge < -0.3 is 4.74 Å². The molecular formula is C23H24O2. The number of ether oxygens (including phenoxy) is 1. The minimum atomic E-state index is -0.114. The molecule has 0 N–H and O–H groups in total. The number of rotatable bonds is 6. The van der Waals surface area contributed by atoms with Gasteiger partial charge in [0.15, 0.2) is 0 Å². The van der Waals surface area contributed by atoms with Gasteiger partial charge in [-0.15, -0.1) is 0 Å². The van der Waals surface area contributed by atoms with Crippen LogP contribution in [0.25, 0.3) is 10.8 Å². The number of hydrogen-bond acceptors (Lipinski definition) is 2. The molecule has 2 nitrogen and oxygen atoms in total. The summed E-state index contributed by atoms with van der Waals surface area (Å²) in [5.41, 5.74) is 3.45. The molecule has 128 valence electrons. The Bertz CT molecular complexity index is 878. The Labute approximate surface area is 149 Å². The van der Waals surface area contributed by atoms with Gasteiger partial charge in [-0.05, 0) is 46.0 Å². The summed E-state index contributed by atoms with van der Waals surface area (Å²) < 4.78 is 5.27. The summed E-state index contributed by atoms with van der Waals surface area (Å²) >= 11 is 0. The molecule has 0 amide bonds. The highest BCUT2D eigenvalue weighted by molar-refractivity contribution is 5.90. The Morgan fingerprint density at radius 2 is 1.56 bits per heavy atom. The second-order valence-electron chi connectivity index (χ2n) is 6.51. The Kier molecular flexibility index (Phi) is 5.18. The highest BCUT2D eigenvalue weighted by atomic mass is 16.5. The van der Waals surface area contributed by atoms with E-state index in [0.29, 0.717) is 6.42 Å². The van der Waals surface area contributed by atoms with Crippen molar-refractivity contribution in [2.24, 2.45) is 0 Å². The second kappa shape index (κ2) is 7.52.